The third-order valence-corrected chi connectivity index (χ3v) is 3.78. The van der Waals surface area contributed by atoms with E-state index >= 15 is 0 Å². The van der Waals surface area contributed by atoms with Crippen LogP contribution >= 0.6 is 0 Å². The molecule has 0 radical (unpaired) electrons. The summed E-state index contributed by atoms with van der Waals surface area (Å²) in [5.74, 6) is -1.57. The molecule has 114 valence electrons. The molecule has 0 aliphatic carbocycles. The van der Waals surface area contributed by atoms with E-state index in [0.717, 1.165) is 30.4 Å². The van der Waals surface area contributed by atoms with E-state index in [1.54, 1.807) is 0 Å². The number of nitrogens with one attached hydrogen (secondary N) is 1. The summed E-state index contributed by atoms with van der Waals surface area (Å²) >= 11 is 0. The average molecular weight is 290 g/mol. The Bertz CT molecular complexity index is 516. The van der Waals surface area contributed by atoms with Crippen molar-refractivity contribution in [1.29, 1.82) is 0 Å². The summed E-state index contributed by atoms with van der Waals surface area (Å²) in [6, 6.07) is 6.94. The molecule has 2 atom stereocenters. The number of hydrogen-bond acceptors (Lipinski definition) is 4. The van der Waals surface area contributed by atoms with E-state index < -0.39 is 17.9 Å². The van der Waals surface area contributed by atoms with Crippen LogP contribution in [0.5, 0.6) is 0 Å². The fourth-order valence-electron chi connectivity index (χ4n) is 2.66. The molecule has 1 amide bonds. The number of primary amides is 1. The largest absolute Gasteiger partial charge is 0.465 e. The highest BCUT2D eigenvalue weighted by Gasteiger charge is 2.37. The first kappa shape index (κ1) is 15.5. The van der Waals surface area contributed by atoms with Crippen molar-refractivity contribution in [3.05, 3.63) is 35.4 Å². The van der Waals surface area contributed by atoms with E-state index in [-0.39, 0.29) is 5.97 Å². The van der Waals surface area contributed by atoms with Gasteiger partial charge in [0, 0.05) is 0 Å². The average Bonchev–Trinajstić information content (AvgIpc) is 2.66. The van der Waals surface area contributed by atoms with Gasteiger partial charge in [-0.15, -0.1) is 0 Å². The van der Waals surface area contributed by atoms with Gasteiger partial charge < -0.3 is 15.8 Å². The predicted molar refractivity (Wildman–Crippen MR) is 79.7 cm³/mol. The molecule has 1 heterocycles. The van der Waals surface area contributed by atoms with Crippen LogP contribution in [0.3, 0.4) is 0 Å². The van der Waals surface area contributed by atoms with Gasteiger partial charge in [0.2, 0.25) is 5.91 Å². The lowest BCUT2D eigenvalue weighted by molar-refractivity contribution is -0.147. The lowest BCUT2D eigenvalue weighted by atomic mass is 9.88. The second-order valence-electron chi connectivity index (χ2n) is 5.28. The van der Waals surface area contributed by atoms with E-state index in [1.807, 2.05) is 31.2 Å². The highest BCUT2D eigenvalue weighted by molar-refractivity contribution is 5.91. The van der Waals surface area contributed by atoms with Gasteiger partial charge >= 0.3 is 5.97 Å². The maximum atomic E-state index is 12.4. The van der Waals surface area contributed by atoms with Crippen LogP contribution in [0, 0.1) is 0 Å². The maximum Gasteiger partial charge on any atom is 0.315 e. The van der Waals surface area contributed by atoms with Crippen LogP contribution in [0.15, 0.2) is 24.3 Å². The standard InChI is InChI=1S/C16H22N2O3/c1-2-3-10-21-16(20)13-12-7-5-4-6-11(12)8-9-18-14(13)15(17)19/h4-7,13-14,18H,2-3,8-10H2,1H3,(H2,17,19). The van der Waals surface area contributed by atoms with Gasteiger partial charge in [0.1, 0.15) is 12.0 Å². The number of unbranched alkanes of at least 4 members (excludes halogenated alkanes) is 1. The zero-order valence-electron chi connectivity index (χ0n) is 12.3. The molecule has 0 spiro atoms. The van der Waals surface area contributed by atoms with E-state index in [4.69, 9.17) is 10.5 Å². The molecule has 1 aliphatic rings. The van der Waals surface area contributed by atoms with Gasteiger partial charge in [0.25, 0.3) is 0 Å². The Kier molecular flexibility index (Phi) is 5.33. The Morgan fingerprint density at radius 1 is 1.38 bits per heavy atom. The van der Waals surface area contributed by atoms with Crippen molar-refractivity contribution in [2.75, 3.05) is 13.2 Å². The van der Waals surface area contributed by atoms with Crippen molar-refractivity contribution in [3.63, 3.8) is 0 Å². The van der Waals surface area contributed by atoms with E-state index in [0.29, 0.717) is 13.2 Å². The molecule has 1 aromatic carbocycles. The van der Waals surface area contributed by atoms with E-state index in [9.17, 15) is 9.59 Å². The number of carbonyl (C=O) groups excluding carboxylic acids is 2. The first-order valence-electron chi connectivity index (χ1n) is 7.42. The summed E-state index contributed by atoms with van der Waals surface area (Å²) in [5, 5.41) is 3.07. The Hall–Kier alpha value is -1.88. The molecule has 5 nitrogen and oxygen atoms in total. The third kappa shape index (κ3) is 3.61. The fourth-order valence-corrected chi connectivity index (χ4v) is 2.66. The van der Waals surface area contributed by atoms with Crippen molar-refractivity contribution in [1.82, 2.24) is 5.32 Å². The van der Waals surface area contributed by atoms with Gasteiger partial charge in [-0.05, 0) is 30.5 Å². The summed E-state index contributed by atoms with van der Waals surface area (Å²) in [7, 11) is 0. The van der Waals surface area contributed by atoms with Gasteiger partial charge in [0.05, 0.1) is 6.61 Å². The quantitative estimate of drug-likeness (QED) is 0.629. The molecule has 0 saturated carbocycles. The number of esters is 1. The summed E-state index contributed by atoms with van der Waals surface area (Å²) in [5.41, 5.74) is 7.37. The van der Waals surface area contributed by atoms with E-state index in [2.05, 4.69) is 5.32 Å². The van der Waals surface area contributed by atoms with Gasteiger partial charge in [-0.3, -0.25) is 9.59 Å². The van der Waals surface area contributed by atoms with Crippen LogP contribution in [-0.4, -0.2) is 31.1 Å². The lowest BCUT2D eigenvalue weighted by Crippen LogP contribution is -2.47. The Morgan fingerprint density at radius 2 is 2.14 bits per heavy atom. The lowest BCUT2D eigenvalue weighted by Gasteiger charge is -2.23. The number of ether oxygens (including phenoxy) is 1. The minimum atomic E-state index is -0.720. The zero-order valence-corrected chi connectivity index (χ0v) is 12.3. The van der Waals surface area contributed by atoms with Crippen LogP contribution in [0.25, 0.3) is 0 Å². The molecule has 0 bridgehead atoms. The number of amides is 1. The van der Waals surface area contributed by atoms with Crippen molar-refractivity contribution in [2.45, 2.75) is 38.1 Å². The topological polar surface area (TPSA) is 81.4 Å². The van der Waals surface area contributed by atoms with Crippen LogP contribution < -0.4 is 11.1 Å². The fraction of sp³-hybridized carbons (Fsp3) is 0.500. The second kappa shape index (κ2) is 7.22. The normalized spacial score (nSPS) is 21.2. The number of rotatable bonds is 5. The molecule has 3 N–H and O–H groups in total. The zero-order chi connectivity index (χ0) is 15.2. The van der Waals surface area contributed by atoms with Gasteiger partial charge in [-0.2, -0.15) is 0 Å². The minimum Gasteiger partial charge on any atom is -0.465 e. The first-order chi connectivity index (χ1) is 10.1. The van der Waals surface area contributed by atoms with Crippen LogP contribution in [0.2, 0.25) is 0 Å². The summed E-state index contributed by atoms with van der Waals surface area (Å²) < 4.78 is 5.33. The molecule has 0 aromatic heterocycles. The minimum absolute atomic E-state index is 0.374. The smallest absolute Gasteiger partial charge is 0.315 e. The Labute approximate surface area is 124 Å². The SMILES string of the molecule is CCCCOC(=O)C1c2ccccc2CCNC1C(N)=O. The maximum absolute atomic E-state index is 12.4. The van der Waals surface area contributed by atoms with Crippen molar-refractivity contribution < 1.29 is 14.3 Å². The van der Waals surface area contributed by atoms with Gasteiger partial charge in [-0.25, -0.2) is 0 Å². The highest BCUT2D eigenvalue weighted by atomic mass is 16.5. The number of benzene rings is 1. The van der Waals surface area contributed by atoms with Crippen molar-refractivity contribution >= 4 is 11.9 Å². The predicted octanol–water partition coefficient (Wildman–Crippen LogP) is 1.11. The van der Waals surface area contributed by atoms with Crippen molar-refractivity contribution in [2.24, 2.45) is 5.73 Å². The van der Waals surface area contributed by atoms with Crippen LogP contribution in [0.1, 0.15) is 36.8 Å². The van der Waals surface area contributed by atoms with Crippen LogP contribution in [-0.2, 0) is 20.7 Å². The number of nitrogens with two attached hydrogens (primary N) is 1. The molecule has 2 unspecified atom stereocenters. The van der Waals surface area contributed by atoms with Crippen LogP contribution in [0.4, 0.5) is 0 Å². The molecule has 0 fully saturated rings. The molecule has 0 saturated heterocycles. The number of fused-ring (bicyclic) bond motifs is 1. The highest BCUT2D eigenvalue weighted by Crippen LogP contribution is 2.28. The van der Waals surface area contributed by atoms with E-state index in [1.165, 1.54) is 0 Å². The summed E-state index contributed by atoms with van der Waals surface area (Å²) in [6.07, 6.45) is 2.53. The monoisotopic (exact) mass is 290 g/mol. The van der Waals surface area contributed by atoms with Gasteiger partial charge in [-0.1, -0.05) is 37.6 Å². The molecule has 21 heavy (non-hydrogen) atoms. The van der Waals surface area contributed by atoms with Crippen molar-refractivity contribution in [3.8, 4) is 0 Å². The molecular formula is C16H22N2O3. The summed E-state index contributed by atoms with van der Waals surface area (Å²) in [4.78, 5) is 24.1. The number of carbonyl (C=O) groups is 2. The second-order valence-corrected chi connectivity index (χ2v) is 5.28. The summed E-state index contributed by atoms with van der Waals surface area (Å²) in [6.45, 7) is 3.02. The molecule has 1 aromatic rings. The Balaban J connectivity index is 2.30. The first-order valence-corrected chi connectivity index (χ1v) is 7.42. The molecule has 5 heteroatoms. The third-order valence-electron chi connectivity index (χ3n) is 3.78. The number of hydrogen-bond donors (Lipinski definition) is 2. The molecule has 1 aliphatic heterocycles. The molecular weight excluding hydrogens is 268 g/mol. The Morgan fingerprint density at radius 3 is 2.86 bits per heavy atom. The molecule has 2 rings (SSSR count). The van der Waals surface area contributed by atoms with Gasteiger partial charge in [0.15, 0.2) is 0 Å².